The van der Waals surface area contributed by atoms with E-state index >= 15 is 0 Å². The molecule has 0 N–H and O–H groups in total. The molecule has 1 amide bonds. The molecule has 0 spiro atoms. The fourth-order valence-electron chi connectivity index (χ4n) is 2.79. The Morgan fingerprint density at radius 1 is 1.23 bits per heavy atom. The molecule has 0 radical (unpaired) electrons. The average molecular weight is 376 g/mol. The molecule has 0 unspecified atom stereocenters. The van der Waals surface area contributed by atoms with Gasteiger partial charge in [0.05, 0.1) is 19.0 Å². The summed E-state index contributed by atoms with van der Waals surface area (Å²) in [4.78, 5) is 14.1. The van der Waals surface area contributed by atoms with E-state index in [-0.39, 0.29) is 5.91 Å². The van der Waals surface area contributed by atoms with Crippen molar-refractivity contribution in [3.05, 3.63) is 35.2 Å². The number of rotatable bonds is 6. The first kappa shape index (κ1) is 18.7. The summed E-state index contributed by atoms with van der Waals surface area (Å²) in [5.41, 5.74) is 2.19. The predicted molar refractivity (Wildman–Crippen MR) is 99.4 cm³/mol. The van der Waals surface area contributed by atoms with Crippen LogP contribution in [0.15, 0.2) is 23.4 Å². The maximum Gasteiger partial charge on any atom is 0.233 e. The Morgan fingerprint density at radius 2 is 1.92 bits per heavy atom. The summed E-state index contributed by atoms with van der Waals surface area (Å²) in [7, 11) is 1.89. The minimum absolute atomic E-state index is 0.106. The van der Waals surface area contributed by atoms with E-state index in [1.54, 1.807) is 0 Å². The van der Waals surface area contributed by atoms with Gasteiger partial charge < -0.3 is 18.9 Å². The van der Waals surface area contributed by atoms with E-state index in [0.717, 1.165) is 22.7 Å². The zero-order valence-corrected chi connectivity index (χ0v) is 16.2. The number of nitrogens with zero attached hydrogens (tertiary/aromatic N) is 4. The van der Waals surface area contributed by atoms with E-state index in [2.05, 4.69) is 10.2 Å². The summed E-state index contributed by atoms with van der Waals surface area (Å²) in [5.74, 6) is 2.07. The molecule has 0 saturated carbocycles. The number of carbonyl (C=O) groups excluding carboxylic acids is 1. The van der Waals surface area contributed by atoms with Gasteiger partial charge in [0.15, 0.2) is 11.0 Å². The lowest BCUT2D eigenvalue weighted by Gasteiger charge is -2.26. The van der Waals surface area contributed by atoms with Crippen LogP contribution in [0.5, 0.6) is 5.75 Å². The molecule has 1 aliphatic heterocycles. The molecule has 1 saturated heterocycles. The van der Waals surface area contributed by atoms with Crippen LogP contribution >= 0.6 is 11.8 Å². The molecule has 1 aromatic carbocycles. The second-order valence-corrected chi connectivity index (χ2v) is 7.19. The fraction of sp³-hybridized carbons (Fsp3) is 0.500. The van der Waals surface area contributed by atoms with Gasteiger partial charge in [0.25, 0.3) is 0 Å². The molecule has 0 aliphatic carbocycles. The first-order valence-corrected chi connectivity index (χ1v) is 9.60. The largest absolute Gasteiger partial charge is 0.485 e. The van der Waals surface area contributed by atoms with Gasteiger partial charge in [-0.2, -0.15) is 0 Å². The zero-order chi connectivity index (χ0) is 18.5. The molecule has 140 valence electrons. The van der Waals surface area contributed by atoms with Gasteiger partial charge in [-0.05, 0) is 25.0 Å². The highest BCUT2D eigenvalue weighted by Crippen LogP contribution is 2.24. The van der Waals surface area contributed by atoms with Crippen molar-refractivity contribution < 1.29 is 14.3 Å². The third-order valence-electron chi connectivity index (χ3n) is 4.37. The molecule has 3 rings (SSSR count). The van der Waals surface area contributed by atoms with Crippen molar-refractivity contribution in [2.24, 2.45) is 7.05 Å². The van der Waals surface area contributed by atoms with Crippen molar-refractivity contribution in [3.8, 4) is 5.75 Å². The van der Waals surface area contributed by atoms with Crippen LogP contribution in [0.2, 0.25) is 0 Å². The first-order chi connectivity index (χ1) is 12.6. The number of para-hydroxylation sites is 1. The van der Waals surface area contributed by atoms with Crippen LogP contribution in [-0.2, 0) is 23.2 Å². The fourth-order valence-corrected chi connectivity index (χ4v) is 3.62. The second-order valence-electron chi connectivity index (χ2n) is 6.25. The summed E-state index contributed by atoms with van der Waals surface area (Å²) < 4.78 is 13.1. The topological polar surface area (TPSA) is 69.5 Å². The summed E-state index contributed by atoms with van der Waals surface area (Å²) in [6, 6.07) is 6.06. The lowest BCUT2D eigenvalue weighted by molar-refractivity contribution is -0.132. The lowest BCUT2D eigenvalue weighted by atomic mass is 10.1. The third-order valence-corrected chi connectivity index (χ3v) is 5.37. The van der Waals surface area contributed by atoms with Crippen LogP contribution in [0.25, 0.3) is 0 Å². The van der Waals surface area contributed by atoms with Crippen LogP contribution in [0, 0.1) is 13.8 Å². The normalized spacial score (nSPS) is 14.5. The number of amides is 1. The van der Waals surface area contributed by atoms with Gasteiger partial charge in [0.1, 0.15) is 12.4 Å². The summed E-state index contributed by atoms with van der Waals surface area (Å²) in [5, 5.41) is 9.11. The number of ether oxygens (including phenoxy) is 2. The van der Waals surface area contributed by atoms with Gasteiger partial charge >= 0.3 is 0 Å². The van der Waals surface area contributed by atoms with Gasteiger partial charge in [-0.15, -0.1) is 10.2 Å². The van der Waals surface area contributed by atoms with Crippen molar-refractivity contribution in [1.82, 2.24) is 19.7 Å². The number of benzene rings is 1. The Labute approximate surface area is 157 Å². The van der Waals surface area contributed by atoms with Gasteiger partial charge in [0, 0.05) is 20.1 Å². The number of aryl methyl sites for hydroxylation is 2. The highest BCUT2D eigenvalue weighted by molar-refractivity contribution is 7.99. The highest BCUT2D eigenvalue weighted by atomic mass is 32.2. The maximum absolute atomic E-state index is 12.2. The molecular formula is C18H24N4O3S. The number of hydrogen-bond acceptors (Lipinski definition) is 6. The molecule has 0 atom stereocenters. The smallest absolute Gasteiger partial charge is 0.233 e. The number of aromatic nitrogens is 3. The Hall–Kier alpha value is -2.06. The van der Waals surface area contributed by atoms with E-state index in [4.69, 9.17) is 9.47 Å². The quantitative estimate of drug-likeness (QED) is 0.718. The van der Waals surface area contributed by atoms with Crippen molar-refractivity contribution in [3.63, 3.8) is 0 Å². The van der Waals surface area contributed by atoms with E-state index in [9.17, 15) is 4.79 Å². The first-order valence-electron chi connectivity index (χ1n) is 8.62. The summed E-state index contributed by atoms with van der Waals surface area (Å²) in [6.45, 7) is 6.93. The van der Waals surface area contributed by atoms with E-state index < -0.39 is 0 Å². The molecule has 2 aromatic rings. The van der Waals surface area contributed by atoms with Crippen molar-refractivity contribution in [2.75, 3.05) is 32.1 Å². The van der Waals surface area contributed by atoms with E-state index in [0.29, 0.717) is 43.8 Å². The minimum Gasteiger partial charge on any atom is -0.485 e. The van der Waals surface area contributed by atoms with Crippen LogP contribution in [-0.4, -0.2) is 57.6 Å². The maximum atomic E-state index is 12.2. The molecule has 1 aliphatic rings. The summed E-state index contributed by atoms with van der Waals surface area (Å²) in [6.07, 6.45) is 0. The predicted octanol–water partition coefficient (Wildman–Crippen LogP) is 1.96. The molecular weight excluding hydrogens is 352 g/mol. The average Bonchev–Trinajstić information content (AvgIpc) is 3.00. The zero-order valence-electron chi connectivity index (χ0n) is 15.4. The number of carbonyl (C=O) groups is 1. The van der Waals surface area contributed by atoms with Crippen LogP contribution in [0.1, 0.15) is 17.0 Å². The molecule has 8 heteroatoms. The van der Waals surface area contributed by atoms with Crippen molar-refractivity contribution in [1.29, 1.82) is 0 Å². The van der Waals surface area contributed by atoms with Gasteiger partial charge in [-0.3, -0.25) is 4.79 Å². The van der Waals surface area contributed by atoms with E-state index in [1.165, 1.54) is 11.8 Å². The summed E-state index contributed by atoms with van der Waals surface area (Å²) >= 11 is 1.40. The van der Waals surface area contributed by atoms with E-state index in [1.807, 2.05) is 48.6 Å². The number of hydrogen-bond donors (Lipinski definition) is 0. The molecule has 26 heavy (non-hydrogen) atoms. The monoisotopic (exact) mass is 376 g/mol. The van der Waals surface area contributed by atoms with Crippen LogP contribution < -0.4 is 4.74 Å². The van der Waals surface area contributed by atoms with Crippen molar-refractivity contribution >= 4 is 17.7 Å². The van der Waals surface area contributed by atoms with Gasteiger partial charge in [0.2, 0.25) is 5.91 Å². The Balaban J connectivity index is 1.56. The second kappa shape index (κ2) is 8.55. The Morgan fingerprint density at radius 3 is 2.62 bits per heavy atom. The number of morpholine rings is 1. The third kappa shape index (κ3) is 4.37. The minimum atomic E-state index is 0.106. The molecule has 7 nitrogen and oxygen atoms in total. The molecule has 1 aromatic heterocycles. The van der Waals surface area contributed by atoms with Crippen LogP contribution in [0.4, 0.5) is 0 Å². The lowest BCUT2D eigenvalue weighted by Crippen LogP contribution is -2.41. The highest BCUT2D eigenvalue weighted by Gasteiger charge is 2.18. The van der Waals surface area contributed by atoms with Gasteiger partial charge in [-0.1, -0.05) is 30.0 Å². The van der Waals surface area contributed by atoms with Crippen molar-refractivity contribution in [2.45, 2.75) is 25.6 Å². The standard InChI is InChI=1S/C18H24N4O3S/c1-13-5-4-6-14(2)17(13)25-11-15-19-20-18(21(15)3)26-12-16(23)22-7-9-24-10-8-22/h4-6H,7-12H2,1-3H3. The van der Waals surface area contributed by atoms with Gasteiger partial charge in [-0.25, -0.2) is 0 Å². The Bertz CT molecular complexity index is 752. The van der Waals surface area contributed by atoms with Crippen LogP contribution in [0.3, 0.4) is 0 Å². The molecule has 0 bridgehead atoms. The Kier molecular flexibility index (Phi) is 6.16. The number of thioether (sulfide) groups is 1. The molecule has 2 heterocycles. The molecule has 1 fully saturated rings. The SMILES string of the molecule is Cc1cccc(C)c1OCc1nnc(SCC(=O)N2CCOCC2)n1C.